The molecule has 7 nitrogen and oxygen atoms in total. The minimum Gasteiger partial charge on any atom is -0.480 e. The highest BCUT2D eigenvalue weighted by Crippen LogP contribution is 2.39. The summed E-state index contributed by atoms with van der Waals surface area (Å²) in [5, 5.41) is 8.65. The maximum absolute atomic E-state index is 10.7. The smallest absolute Gasteiger partial charge is 0.480 e. The van der Waals surface area contributed by atoms with Gasteiger partial charge in [0.05, 0.1) is 0 Å². The maximum atomic E-state index is 10.7. The van der Waals surface area contributed by atoms with E-state index in [0.29, 0.717) is 5.56 Å². The van der Waals surface area contributed by atoms with E-state index in [-0.39, 0.29) is 12.2 Å². The molecule has 1 aromatic carbocycles. The molecule has 17 heavy (non-hydrogen) atoms. The molecule has 0 saturated heterocycles. The van der Waals surface area contributed by atoms with Crippen LogP contribution in [0.15, 0.2) is 24.3 Å². The number of carbonyl (C=O) groups is 1. The Balaban J connectivity index is 2.92. The van der Waals surface area contributed by atoms with Crippen LogP contribution in [0.5, 0.6) is 5.75 Å². The van der Waals surface area contributed by atoms with Gasteiger partial charge in [0.2, 0.25) is 0 Å². The molecule has 0 radical (unpaired) electrons. The van der Waals surface area contributed by atoms with Crippen LogP contribution in [0.2, 0.25) is 0 Å². The van der Waals surface area contributed by atoms with Gasteiger partial charge >= 0.3 is 13.8 Å². The van der Waals surface area contributed by atoms with E-state index in [1.54, 1.807) is 6.07 Å². The number of carboxylic acid groups (broad SMARTS) is 1. The average molecular weight is 261 g/mol. The lowest BCUT2D eigenvalue weighted by molar-refractivity contribution is -0.138. The third-order valence-corrected chi connectivity index (χ3v) is 2.38. The number of rotatable bonds is 5. The number of benzene rings is 1. The number of hydrogen-bond acceptors (Lipinski definition) is 4. The van der Waals surface area contributed by atoms with Crippen molar-refractivity contribution in [2.24, 2.45) is 5.73 Å². The van der Waals surface area contributed by atoms with Crippen molar-refractivity contribution in [1.29, 1.82) is 0 Å². The average Bonchev–Trinajstić information content (AvgIpc) is 2.18. The van der Waals surface area contributed by atoms with Gasteiger partial charge < -0.3 is 15.4 Å². The van der Waals surface area contributed by atoms with E-state index < -0.39 is 19.8 Å². The van der Waals surface area contributed by atoms with E-state index in [1.165, 1.54) is 18.2 Å². The summed E-state index contributed by atoms with van der Waals surface area (Å²) in [5.74, 6) is -1.27. The van der Waals surface area contributed by atoms with Crippen molar-refractivity contribution in [3.8, 4) is 5.75 Å². The molecule has 0 aliphatic rings. The van der Waals surface area contributed by atoms with Crippen LogP contribution in [-0.4, -0.2) is 26.9 Å². The quantitative estimate of drug-likeness (QED) is 0.553. The Kier molecular flexibility index (Phi) is 4.25. The molecule has 0 aromatic heterocycles. The Morgan fingerprint density at radius 2 is 2.00 bits per heavy atom. The third-order valence-electron chi connectivity index (χ3n) is 1.95. The Hall–Kier alpha value is -1.40. The second-order valence-electron chi connectivity index (χ2n) is 3.34. The van der Waals surface area contributed by atoms with Crippen LogP contribution in [-0.2, 0) is 15.8 Å². The molecule has 1 atom stereocenters. The summed E-state index contributed by atoms with van der Waals surface area (Å²) in [6, 6.07) is 4.78. The Morgan fingerprint density at radius 1 is 1.41 bits per heavy atom. The highest BCUT2D eigenvalue weighted by molar-refractivity contribution is 7.46. The molecule has 0 bridgehead atoms. The summed E-state index contributed by atoms with van der Waals surface area (Å²) in [7, 11) is -4.67. The minimum atomic E-state index is -4.67. The third kappa shape index (κ3) is 4.54. The highest BCUT2D eigenvalue weighted by Gasteiger charge is 2.20. The van der Waals surface area contributed by atoms with Gasteiger partial charge in [-0.15, -0.1) is 0 Å². The molecule has 8 heteroatoms. The summed E-state index contributed by atoms with van der Waals surface area (Å²) in [4.78, 5) is 27.9. The van der Waals surface area contributed by atoms with Crippen molar-refractivity contribution in [1.82, 2.24) is 0 Å². The highest BCUT2D eigenvalue weighted by atomic mass is 31.2. The first-order valence-corrected chi connectivity index (χ1v) is 6.14. The molecule has 0 aliphatic heterocycles. The first-order chi connectivity index (χ1) is 7.79. The second-order valence-corrected chi connectivity index (χ2v) is 4.50. The van der Waals surface area contributed by atoms with Gasteiger partial charge in [-0.3, -0.25) is 14.6 Å². The molecular weight excluding hydrogens is 249 g/mol. The van der Waals surface area contributed by atoms with Crippen LogP contribution in [0.1, 0.15) is 5.56 Å². The Labute approximate surface area is 97.1 Å². The molecule has 0 aliphatic carbocycles. The predicted octanol–water partition coefficient (Wildman–Crippen LogP) is 0.113. The number of nitrogens with two attached hydrogens (primary N) is 1. The number of aliphatic carboxylic acids is 1. The second kappa shape index (κ2) is 5.29. The molecule has 0 spiro atoms. The lowest BCUT2D eigenvalue weighted by atomic mass is 10.1. The minimum absolute atomic E-state index is 0.0717. The van der Waals surface area contributed by atoms with Crippen LogP contribution in [0, 0.1) is 0 Å². The summed E-state index contributed by atoms with van der Waals surface area (Å²) in [5.41, 5.74) is 5.66. The molecule has 1 rings (SSSR count). The van der Waals surface area contributed by atoms with Crippen molar-refractivity contribution in [2.45, 2.75) is 12.5 Å². The largest absolute Gasteiger partial charge is 0.524 e. The van der Waals surface area contributed by atoms with Gasteiger partial charge in [0.25, 0.3) is 0 Å². The van der Waals surface area contributed by atoms with Crippen molar-refractivity contribution in [3.05, 3.63) is 29.8 Å². The fourth-order valence-corrected chi connectivity index (χ4v) is 1.65. The van der Waals surface area contributed by atoms with Crippen molar-refractivity contribution in [3.63, 3.8) is 0 Å². The van der Waals surface area contributed by atoms with Gasteiger partial charge in [-0.05, 0) is 11.6 Å². The van der Waals surface area contributed by atoms with Crippen LogP contribution in [0.3, 0.4) is 0 Å². The van der Waals surface area contributed by atoms with Crippen LogP contribution in [0.4, 0.5) is 0 Å². The number of carboxylic acids is 1. The standard InChI is InChI=1S/C9H12NO6P/c10-7(9(11)12)5-6-3-1-2-4-8(6)16-17(13,14)15/h1-4,7H,5,10H2,(H,11,12)(H2,13,14,15). The van der Waals surface area contributed by atoms with Crippen molar-refractivity contribution < 1.29 is 28.8 Å². The molecule has 0 amide bonds. The Morgan fingerprint density at radius 3 is 2.53 bits per heavy atom. The molecule has 1 aromatic rings. The number of hydrogen-bond donors (Lipinski definition) is 4. The van der Waals surface area contributed by atoms with Gasteiger partial charge in [-0.2, -0.15) is 0 Å². The van der Waals surface area contributed by atoms with E-state index in [2.05, 4.69) is 4.52 Å². The van der Waals surface area contributed by atoms with Gasteiger partial charge in [-0.1, -0.05) is 18.2 Å². The van der Waals surface area contributed by atoms with E-state index in [9.17, 15) is 9.36 Å². The fourth-order valence-electron chi connectivity index (χ4n) is 1.21. The van der Waals surface area contributed by atoms with Gasteiger partial charge in [0, 0.05) is 6.42 Å². The molecule has 0 heterocycles. The van der Waals surface area contributed by atoms with Gasteiger partial charge in [0.15, 0.2) is 0 Å². The lowest BCUT2D eigenvalue weighted by Crippen LogP contribution is -2.32. The van der Waals surface area contributed by atoms with Crippen molar-refractivity contribution in [2.75, 3.05) is 0 Å². The zero-order valence-corrected chi connectivity index (χ0v) is 9.58. The summed E-state index contributed by atoms with van der Waals surface area (Å²) >= 11 is 0. The number of phosphoric acid groups is 1. The maximum Gasteiger partial charge on any atom is 0.524 e. The molecule has 0 fully saturated rings. The van der Waals surface area contributed by atoms with Crippen LogP contribution < -0.4 is 10.3 Å². The van der Waals surface area contributed by atoms with Crippen molar-refractivity contribution >= 4 is 13.8 Å². The lowest BCUT2D eigenvalue weighted by Gasteiger charge is -2.13. The number of para-hydroxylation sites is 1. The zero-order chi connectivity index (χ0) is 13.1. The predicted molar refractivity (Wildman–Crippen MR) is 58.4 cm³/mol. The van der Waals surface area contributed by atoms with Gasteiger partial charge in [-0.25, -0.2) is 4.57 Å². The fraction of sp³-hybridized carbons (Fsp3) is 0.222. The molecule has 1 unspecified atom stereocenters. The van der Waals surface area contributed by atoms with E-state index >= 15 is 0 Å². The molecule has 0 saturated carbocycles. The number of phosphoric ester groups is 1. The SMILES string of the molecule is NC(Cc1ccccc1OP(=O)(O)O)C(=O)O. The van der Waals surface area contributed by atoms with E-state index in [1.807, 2.05) is 0 Å². The summed E-state index contributed by atoms with van der Waals surface area (Å²) in [6.45, 7) is 0. The van der Waals surface area contributed by atoms with Gasteiger partial charge in [0.1, 0.15) is 11.8 Å². The summed E-state index contributed by atoms with van der Waals surface area (Å²) < 4.78 is 15.1. The Bertz CT molecular complexity index is 457. The molecular formula is C9H12NO6P. The topological polar surface area (TPSA) is 130 Å². The van der Waals surface area contributed by atoms with Crippen LogP contribution in [0.25, 0.3) is 0 Å². The van der Waals surface area contributed by atoms with E-state index in [4.69, 9.17) is 20.6 Å². The van der Waals surface area contributed by atoms with E-state index in [0.717, 1.165) is 0 Å². The molecule has 94 valence electrons. The summed E-state index contributed by atoms with van der Waals surface area (Å²) in [6.07, 6.45) is -0.0779. The first kappa shape index (κ1) is 13.7. The zero-order valence-electron chi connectivity index (χ0n) is 8.68. The first-order valence-electron chi connectivity index (χ1n) is 4.61. The van der Waals surface area contributed by atoms with Crippen LogP contribution >= 0.6 is 7.82 Å². The monoisotopic (exact) mass is 261 g/mol. The normalized spacial score (nSPS) is 13.1. The molecule has 5 N–H and O–H groups in total.